The fraction of sp³-hybridized carbons (Fsp3) is 0. The van der Waals surface area contributed by atoms with E-state index in [1.807, 2.05) is 0 Å². The molecule has 1 aromatic rings. The van der Waals surface area contributed by atoms with Gasteiger partial charge in [0.2, 0.25) is 0 Å². The van der Waals surface area contributed by atoms with Crippen LogP contribution in [0.1, 0.15) is 0 Å². The minimum Gasteiger partial charge on any atom is -0.258 e. The number of hydrogen-bond donors (Lipinski definition) is 0. The first-order valence-corrected chi connectivity index (χ1v) is 4.99. The molecule has 0 radical (unpaired) electrons. The van der Waals surface area contributed by atoms with E-state index in [-0.39, 0.29) is 10.6 Å². The Hall–Kier alpha value is -1.18. The fourth-order valence-electron chi connectivity index (χ4n) is 0.789. The van der Waals surface area contributed by atoms with E-state index in [9.17, 15) is 18.5 Å². The third kappa shape index (κ3) is 2.19. The second kappa shape index (κ2) is 3.91. The summed E-state index contributed by atoms with van der Waals surface area (Å²) in [6.45, 7) is 0. The summed E-state index contributed by atoms with van der Waals surface area (Å²) >= 11 is 4.70. The van der Waals surface area contributed by atoms with Gasteiger partial charge in [-0.1, -0.05) is 6.07 Å². The van der Waals surface area contributed by atoms with Gasteiger partial charge >= 0.3 is 10.1 Å². The predicted molar refractivity (Wildman–Crippen MR) is 47.2 cm³/mol. The summed E-state index contributed by atoms with van der Waals surface area (Å²) < 4.78 is 25.7. The molecule has 0 aliphatic rings. The van der Waals surface area contributed by atoms with Gasteiger partial charge in [0.05, 0.1) is 16.8 Å². The summed E-state index contributed by atoms with van der Waals surface area (Å²) in [6.07, 6.45) is 0. The Labute approximate surface area is 84.5 Å². The van der Waals surface area contributed by atoms with Crippen LogP contribution < -0.4 is 0 Å². The molecule has 0 saturated heterocycles. The van der Waals surface area contributed by atoms with Crippen molar-refractivity contribution < 1.29 is 17.1 Å². The van der Waals surface area contributed by atoms with Crippen molar-refractivity contribution in [3.8, 4) is 0 Å². The summed E-state index contributed by atoms with van der Waals surface area (Å²) in [5.41, 5.74) is -0.347. The number of nitro groups is 1. The lowest BCUT2D eigenvalue weighted by Crippen LogP contribution is -2.00. The van der Waals surface area contributed by atoms with E-state index in [2.05, 4.69) is 3.74 Å². The van der Waals surface area contributed by atoms with Crippen LogP contribution in [0.3, 0.4) is 0 Å². The lowest BCUT2D eigenvalue weighted by atomic mass is 10.3. The van der Waals surface area contributed by atoms with E-state index in [0.717, 1.165) is 18.2 Å². The summed E-state index contributed by atoms with van der Waals surface area (Å²) in [5.74, 6) is 0. The highest BCUT2D eigenvalue weighted by Crippen LogP contribution is 2.19. The van der Waals surface area contributed by atoms with Gasteiger partial charge in [0, 0.05) is 12.1 Å². The number of halogens is 1. The van der Waals surface area contributed by atoms with Gasteiger partial charge in [-0.2, -0.15) is 12.2 Å². The quantitative estimate of drug-likeness (QED) is 0.587. The van der Waals surface area contributed by atoms with Crippen molar-refractivity contribution in [1.82, 2.24) is 0 Å². The number of non-ortho nitro benzene ring substituents is 1. The van der Waals surface area contributed by atoms with Crippen LogP contribution in [0.5, 0.6) is 0 Å². The molecule has 0 aliphatic heterocycles. The molecule has 0 saturated carbocycles. The monoisotopic (exact) mass is 237 g/mol. The summed E-state index contributed by atoms with van der Waals surface area (Å²) in [4.78, 5) is 9.23. The number of nitro benzene ring substituents is 1. The fourth-order valence-corrected chi connectivity index (χ4v) is 1.59. The molecule has 0 unspecified atom stereocenters. The Bertz CT molecular complexity index is 457. The second-order valence-corrected chi connectivity index (χ2v) is 4.16. The Morgan fingerprint density at radius 3 is 2.57 bits per heavy atom. The van der Waals surface area contributed by atoms with Gasteiger partial charge in [0.1, 0.15) is 4.90 Å². The van der Waals surface area contributed by atoms with E-state index < -0.39 is 15.0 Å². The van der Waals surface area contributed by atoms with E-state index in [1.165, 1.54) is 6.07 Å². The smallest absolute Gasteiger partial charge is 0.258 e. The number of rotatable bonds is 3. The molecule has 0 amide bonds. The van der Waals surface area contributed by atoms with Crippen molar-refractivity contribution in [2.45, 2.75) is 4.90 Å². The highest BCUT2D eigenvalue weighted by atomic mass is 35.5. The Kier molecular flexibility index (Phi) is 3.04. The topological polar surface area (TPSA) is 86.5 Å². The first kappa shape index (κ1) is 10.9. The maximum atomic E-state index is 11.0. The van der Waals surface area contributed by atoms with E-state index in [0.29, 0.717) is 0 Å². The minimum atomic E-state index is -4.09. The zero-order valence-electron chi connectivity index (χ0n) is 6.58. The summed E-state index contributed by atoms with van der Waals surface area (Å²) in [6, 6.07) is 4.39. The van der Waals surface area contributed by atoms with Crippen molar-refractivity contribution in [3.05, 3.63) is 34.4 Å². The molecular formula is C6H4ClNO5S. The second-order valence-electron chi connectivity index (χ2n) is 2.27. The Morgan fingerprint density at radius 2 is 2.07 bits per heavy atom. The van der Waals surface area contributed by atoms with Gasteiger partial charge in [-0.25, -0.2) is 0 Å². The average molecular weight is 238 g/mol. The Morgan fingerprint density at radius 1 is 1.43 bits per heavy atom. The van der Waals surface area contributed by atoms with E-state index >= 15 is 0 Å². The molecule has 0 spiro atoms. The number of nitrogens with zero attached hydrogens (tertiary/aromatic N) is 1. The van der Waals surface area contributed by atoms with Crippen molar-refractivity contribution in [1.29, 1.82) is 0 Å². The van der Waals surface area contributed by atoms with Gasteiger partial charge in [0.15, 0.2) is 0 Å². The highest BCUT2D eigenvalue weighted by Gasteiger charge is 2.17. The van der Waals surface area contributed by atoms with Crippen LogP contribution in [-0.4, -0.2) is 13.3 Å². The molecular weight excluding hydrogens is 234 g/mol. The number of benzene rings is 1. The molecule has 0 N–H and O–H groups in total. The molecule has 0 atom stereocenters. The molecule has 0 bridgehead atoms. The van der Waals surface area contributed by atoms with Crippen molar-refractivity contribution in [2.75, 3.05) is 0 Å². The standard InChI is InChI=1S/C6H4ClNO5S/c7-13-14(11,12)6-3-1-2-5(4-6)8(9)10/h1-4H. The molecule has 1 aromatic carbocycles. The van der Waals surface area contributed by atoms with Crippen LogP contribution in [0.25, 0.3) is 0 Å². The highest BCUT2D eigenvalue weighted by molar-refractivity contribution is 7.87. The first-order valence-electron chi connectivity index (χ1n) is 3.27. The van der Waals surface area contributed by atoms with Crippen LogP contribution >= 0.6 is 11.9 Å². The molecule has 0 aliphatic carbocycles. The largest absolute Gasteiger partial charge is 0.313 e. The third-order valence-corrected chi connectivity index (χ3v) is 2.89. The van der Waals surface area contributed by atoms with Crippen LogP contribution in [0.4, 0.5) is 5.69 Å². The van der Waals surface area contributed by atoms with Crippen molar-refractivity contribution in [2.24, 2.45) is 0 Å². The molecule has 8 heteroatoms. The maximum absolute atomic E-state index is 11.0. The first-order chi connectivity index (χ1) is 6.47. The van der Waals surface area contributed by atoms with Crippen molar-refractivity contribution in [3.63, 3.8) is 0 Å². The van der Waals surface area contributed by atoms with Gasteiger partial charge in [-0.3, -0.25) is 10.1 Å². The molecule has 6 nitrogen and oxygen atoms in total. The number of hydrogen-bond acceptors (Lipinski definition) is 5. The third-order valence-electron chi connectivity index (χ3n) is 1.40. The normalized spacial score (nSPS) is 11.2. The average Bonchev–Trinajstić information content (AvgIpc) is 2.18. The predicted octanol–water partition coefficient (Wildman–Crippen LogP) is 1.45. The Balaban J connectivity index is 3.26. The van der Waals surface area contributed by atoms with Crippen LogP contribution in [-0.2, 0) is 13.9 Å². The van der Waals surface area contributed by atoms with Gasteiger partial charge in [0.25, 0.3) is 5.69 Å². The molecule has 76 valence electrons. The summed E-state index contributed by atoms with van der Waals surface area (Å²) in [7, 11) is -4.09. The summed E-state index contributed by atoms with van der Waals surface area (Å²) in [5, 5.41) is 10.3. The lowest BCUT2D eigenvalue weighted by molar-refractivity contribution is -0.385. The van der Waals surface area contributed by atoms with E-state index in [1.54, 1.807) is 0 Å². The van der Waals surface area contributed by atoms with Gasteiger partial charge in [-0.05, 0) is 6.07 Å². The zero-order valence-corrected chi connectivity index (χ0v) is 8.16. The minimum absolute atomic E-state index is 0.347. The maximum Gasteiger partial charge on any atom is 0.313 e. The van der Waals surface area contributed by atoms with Crippen LogP contribution in [0.2, 0.25) is 0 Å². The van der Waals surface area contributed by atoms with Crippen LogP contribution in [0, 0.1) is 10.1 Å². The van der Waals surface area contributed by atoms with E-state index in [4.69, 9.17) is 11.9 Å². The molecule has 14 heavy (non-hydrogen) atoms. The molecule has 0 fully saturated rings. The van der Waals surface area contributed by atoms with Crippen LogP contribution in [0.15, 0.2) is 29.2 Å². The SMILES string of the molecule is O=[N+]([O-])c1cccc(S(=O)(=O)OCl)c1. The van der Waals surface area contributed by atoms with Gasteiger partial charge < -0.3 is 0 Å². The molecule has 0 heterocycles. The molecule has 0 aromatic heterocycles. The molecule has 1 rings (SSSR count). The van der Waals surface area contributed by atoms with Crippen molar-refractivity contribution >= 4 is 27.7 Å². The lowest BCUT2D eigenvalue weighted by Gasteiger charge is -1.97. The van der Waals surface area contributed by atoms with Gasteiger partial charge in [-0.15, -0.1) is 0 Å². The zero-order chi connectivity index (χ0) is 10.8.